The highest BCUT2D eigenvalue weighted by atomic mass is 35.5. The van der Waals surface area contributed by atoms with E-state index in [2.05, 4.69) is 4.98 Å². The van der Waals surface area contributed by atoms with Gasteiger partial charge in [-0.3, -0.25) is 9.78 Å². The molecule has 1 aromatic carbocycles. The van der Waals surface area contributed by atoms with E-state index in [0.29, 0.717) is 11.2 Å². The van der Waals surface area contributed by atoms with Gasteiger partial charge < -0.3 is 0 Å². The van der Waals surface area contributed by atoms with E-state index in [0.717, 1.165) is 17.7 Å². The van der Waals surface area contributed by atoms with Gasteiger partial charge >= 0.3 is 6.18 Å². The molecule has 0 aliphatic rings. The molecule has 0 N–H and O–H groups in total. The minimum atomic E-state index is -4.47. The summed E-state index contributed by atoms with van der Waals surface area (Å²) in [5, 5.41) is 0.419. The lowest BCUT2D eigenvalue weighted by molar-refractivity contribution is -0.137. The summed E-state index contributed by atoms with van der Waals surface area (Å²) < 4.78 is 37.2. The number of aromatic nitrogens is 1. The predicted molar refractivity (Wildman–Crippen MR) is 68.9 cm³/mol. The monoisotopic (exact) mass is 299 g/mol. The van der Waals surface area contributed by atoms with Gasteiger partial charge in [-0.25, -0.2) is 0 Å². The van der Waals surface area contributed by atoms with Crippen LogP contribution in [0, 0.1) is 6.92 Å². The zero-order chi connectivity index (χ0) is 14.9. The summed E-state index contributed by atoms with van der Waals surface area (Å²) in [7, 11) is 0. The maximum atomic E-state index is 12.4. The quantitative estimate of drug-likeness (QED) is 0.774. The van der Waals surface area contributed by atoms with Crippen LogP contribution in [0.2, 0.25) is 5.02 Å². The lowest BCUT2D eigenvalue weighted by Gasteiger charge is -2.07. The predicted octanol–water partition coefficient (Wildman–Crippen LogP) is 4.29. The molecular formula is C14H9ClF3NO. The molecule has 0 radical (unpaired) electrons. The van der Waals surface area contributed by atoms with Crippen LogP contribution in [0.15, 0.2) is 36.5 Å². The molecule has 0 unspecified atom stereocenters. The smallest absolute Gasteiger partial charge is 0.287 e. The molecule has 104 valence electrons. The SMILES string of the molecule is Cc1ccc(C(=O)c2ccc(C(F)(F)F)cn2)cc1Cl. The Morgan fingerprint density at radius 3 is 2.40 bits per heavy atom. The van der Waals surface area contributed by atoms with E-state index < -0.39 is 17.5 Å². The summed E-state index contributed by atoms with van der Waals surface area (Å²) in [6, 6.07) is 6.58. The molecule has 0 spiro atoms. The molecule has 0 bridgehead atoms. The normalized spacial score (nSPS) is 11.4. The lowest BCUT2D eigenvalue weighted by atomic mass is 10.1. The number of rotatable bonds is 2. The Hall–Kier alpha value is -1.88. The Balaban J connectivity index is 2.31. The number of hydrogen-bond donors (Lipinski definition) is 0. The van der Waals surface area contributed by atoms with E-state index >= 15 is 0 Å². The molecule has 0 saturated carbocycles. The van der Waals surface area contributed by atoms with E-state index in [1.807, 2.05) is 0 Å². The first-order valence-electron chi connectivity index (χ1n) is 5.63. The van der Waals surface area contributed by atoms with Crippen LogP contribution in [0.3, 0.4) is 0 Å². The van der Waals surface area contributed by atoms with Crippen molar-refractivity contribution >= 4 is 17.4 Å². The molecule has 0 aliphatic heterocycles. The van der Waals surface area contributed by atoms with Gasteiger partial charge in [-0.05, 0) is 30.7 Å². The summed E-state index contributed by atoms with van der Waals surface area (Å²) in [5.74, 6) is -0.472. The van der Waals surface area contributed by atoms with E-state index in [1.54, 1.807) is 19.1 Å². The number of alkyl halides is 3. The van der Waals surface area contributed by atoms with Gasteiger partial charge in [0, 0.05) is 16.8 Å². The van der Waals surface area contributed by atoms with E-state index in [9.17, 15) is 18.0 Å². The molecule has 20 heavy (non-hydrogen) atoms. The van der Waals surface area contributed by atoms with Crippen molar-refractivity contribution in [3.8, 4) is 0 Å². The fourth-order valence-electron chi connectivity index (χ4n) is 1.58. The van der Waals surface area contributed by atoms with Crippen LogP contribution in [0.1, 0.15) is 27.2 Å². The molecule has 1 heterocycles. The molecule has 2 rings (SSSR count). The highest BCUT2D eigenvalue weighted by Gasteiger charge is 2.31. The molecule has 0 aliphatic carbocycles. The van der Waals surface area contributed by atoms with Crippen molar-refractivity contribution in [2.24, 2.45) is 0 Å². The van der Waals surface area contributed by atoms with Crippen LogP contribution < -0.4 is 0 Å². The van der Waals surface area contributed by atoms with Crippen LogP contribution >= 0.6 is 11.6 Å². The van der Waals surface area contributed by atoms with Gasteiger partial charge in [0.25, 0.3) is 0 Å². The summed E-state index contributed by atoms with van der Waals surface area (Å²) >= 11 is 5.91. The molecule has 0 fully saturated rings. The fourth-order valence-corrected chi connectivity index (χ4v) is 1.76. The number of halogens is 4. The van der Waals surface area contributed by atoms with Crippen molar-refractivity contribution in [2.45, 2.75) is 13.1 Å². The average molecular weight is 300 g/mol. The average Bonchev–Trinajstić information content (AvgIpc) is 2.40. The minimum absolute atomic E-state index is 0.0575. The van der Waals surface area contributed by atoms with Gasteiger partial charge in [0.05, 0.1) is 5.56 Å². The summed E-state index contributed by atoms with van der Waals surface area (Å²) in [6.07, 6.45) is -3.83. The van der Waals surface area contributed by atoms with Gasteiger partial charge in [-0.15, -0.1) is 0 Å². The maximum absolute atomic E-state index is 12.4. The van der Waals surface area contributed by atoms with Crippen molar-refractivity contribution < 1.29 is 18.0 Å². The zero-order valence-electron chi connectivity index (χ0n) is 10.3. The first kappa shape index (κ1) is 14.5. The van der Waals surface area contributed by atoms with Crippen LogP contribution in [-0.2, 0) is 6.18 Å². The molecule has 2 nitrogen and oxygen atoms in total. The third kappa shape index (κ3) is 2.99. The molecular weight excluding hydrogens is 291 g/mol. The molecule has 0 atom stereocenters. The van der Waals surface area contributed by atoms with Crippen LogP contribution in [0.4, 0.5) is 13.2 Å². The Labute approximate surface area is 118 Å². The lowest BCUT2D eigenvalue weighted by Crippen LogP contribution is -2.09. The number of nitrogens with zero attached hydrogens (tertiary/aromatic N) is 1. The van der Waals surface area contributed by atoms with Crippen molar-refractivity contribution in [1.82, 2.24) is 4.98 Å². The highest BCUT2D eigenvalue weighted by molar-refractivity contribution is 6.31. The Bertz CT molecular complexity index is 650. The largest absolute Gasteiger partial charge is 0.417 e. The molecule has 6 heteroatoms. The van der Waals surface area contributed by atoms with Crippen LogP contribution in [0.25, 0.3) is 0 Å². The zero-order valence-corrected chi connectivity index (χ0v) is 11.1. The summed E-state index contributed by atoms with van der Waals surface area (Å²) in [5.41, 5.74) is 0.144. The van der Waals surface area contributed by atoms with E-state index in [1.165, 1.54) is 6.07 Å². The topological polar surface area (TPSA) is 30.0 Å². The minimum Gasteiger partial charge on any atom is -0.287 e. The molecule has 0 saturated heterocycles. The van der Waals surface area contributed by atoms with Gasteiger partial charge in [0.15, 0.2) is 0 Å². The van der Waals surface area contributed by atoms with Crippen molar-refractivity contribution in [3.05, 3.63) is 63.9 Å². The van der Waals surface area contributed by atoms with Gasteiger partial charge in [0.2, 0.25) is 5.78 Å². The number of hydrogen-bond acceptors (Lipinski definition) is 2. The van der Waals surface area contributed by atoms with Gasteiger partial charge in [-0.2, -0.15) is 13.2 Å². The van der Waals surface area contributed by atoms with E-state index in [-0.39, 0.29) is 11.3 Å². The molecule has 2 aromatic rings. The number of aryl methyl sites for hydroxylation is 1. The second-order valence-corrected chi connectivity index (χ2v) is 4.63. The third-order valence-corrected chi connectivity index (χ3v) is 3.16. The van der Waals surface area contributed by atoms with Crippen molar-refractivity contribution in [2.75, 3.05) is 0 Å². The van der Waals surface area contributed by atoms with E-state index in [4.69, 9.17) is 11.6 Å². The summed E-state index contributed by atoms with van der Waals surface area (Å²) in [6.45, 7) is 1.78. The third-order valence-electron chi connectivity index (χ3n) is 2.76. The first-order chi connectivity index (χ1) is 9.29. The van der Waals surface area contributed by atoms with Crippen molar-refractivity contribution in [1.29, 1.82) is 0 Å². The number of carbonyl (C=O) groups is 1. The van der Waals surface area contributed by atoms with Crippen LogP contribution in [-0.4, -0.2) is 10.8 Å². The molecule has 0 amide bonds. The number of ketones is 1. The number of pyridine rings is 1. The number of benzene rings is 1. The fraction of sp³-hybridized carbons (Fsp3) is 0.143. The van der Waals surface area contributed by atoms with Crippen LogP contribution in [0.5, 0.6) is 0 Å². The van der Waals surface area contributed by atoms with Gasteiger partial charge in [0.1, 0.15) is 5.69 Å². The van der Waals surface area contributed by atoms with Gasteiger partial charge in [-0.1, -0.05) is 23.7 Å². The summed E-state index contributed by atoms with van der Waals surface area (Å²) in [4.78, 5) is 15.6. The second-order valence-electron chi connectivity index (χ2n) is 4.22. The maximum Gasteiger partial charge on any atom is 0.417 e. The Morgan fingerprint density at radius 1 is 1.20 bits per heavy atom. The first-order valence-corrected chi connectivity index (χ1v) is 6.01. The standard InChI is InChI=1S/C14H9ClF3NO/c1-8-2-3-9(6-11(8)15)13(20)12-5-4-10(7-19-12)14(16,17)18/h2-7H,1H3. The van der Waals surface area contributed by atoms with Crippen molar-refractivity contribution in [3.63, 3.8) is 0 Å². The Kier molecular flexibility index (Phi) is 3.81. The highest BCUT2D eigenvalue weighted by Crippen LogP contribution is 2.28. The Morgan fingerprint density at radius 2 is 1.90 bits per heavy atom. The second kappa shape index (κ2) is 5.25. The molecule has 1 aromatic heterocycles. The number of carbonyl (C=O) groups excluding carboxylic acids is 1.